The van der Waals surface area contributed by atoms with E-state index in [9.17, 15) is 0 Å². The third kappa shape index (κ3) is 2.44. The predicted molar refractivity (Wildman–Crippen MR) is 72.3 cm³/mol. The average Bonchev–Trinajstić information content (AvgIpc) is 2.86. The molecule has 0 radical (unpaired) electrons. The first kappa shape index (κ1) is 13.2. The molecule has 0 saturated heterocycles. The smallest absolute Gasteiger partial charge is 0.161 e. The normalized spacial score (nSPS) is 18.2. The number of methoxy groups -OCH3 is 2. The number of halogens is 1. The first-order valence-electron chi connectivity index (χ1n) is 5.54. The molecule has 1 aromatic rings. The summed E-state index contributed by atoms with van der Waals surface area (Å²) in [5.74, 6) is 1.33. The van der Waals surface area contributed by atoms with Gasteiger partial charge in [-0.3, -0.25) is 0 Å². The number of rotatable bonds is 4. The first-order valence-corrected chi connectivity index (χ1v) is 6.33. The molecule has 0 amide bonds. The maximum atomic E-state index is 5.56. The van der Waals surface area contributed by atoms with Crippen molar-refractivity contribution in [3.63, 3.8) is 0 Å². The summed E-state index contributed by atoms with van der Waals surface area (Å²) in [4.78, 5) is 5.22. The van der Waals surface area contributed by atoms with Crippen LogP contribution in [-0.4, -0.2) is 32.6 Å². The van der Waals surface area contributed by atoms with E-state index in [2.05, 4.69) is 21.1 Å². The Morgan fingerprint density at radius 2 is 2.06 bits per heavy atom. The summed E-state index contributed by atoms with van der Waals surface area (Å²) in [6.45, 7) is 0.456. The van der Waals surface area contributed by atoms with Gasteiger partial charge in [-0.2, -0.15) is 0 Å². The maximum absolute atomic E-state index is 5.56. The van der Waals surface area contributed by atoms with Crippen molar-refractivity contribution >= 4 is 21.6 Å². The number of benzene rings is 1. The minimum atomic E-state index is -0.0417. The summed E-state index contributed by atoms with van der Waals surface area (Å²) < 4.78 is 11.4. The van der Waals surface area contributed by atoms with Crippen LogP contribution in [0.4, 0.5) is 0 Å². The third-order valence-corrected chi connectivity index (χ3v) is 3.44. The van der Waals surface area contributed by atoms with E-state index in [0.717, 1.165) is 15.7 Å². The molecule has 1 aliphatic rings. The molecule has 1 unspecified atom stereocenters. The Balaban J connectivity index is 2.34. The standard InChI is InChI=1S/C12H15BrN2O3/c1-16-11-4-8(9(13)5-12(11)17-2)10-3-7(6-14)18-15-10/h4-5,7H,3,6,14H2,1-2H3. The second-order valence-corrected chi connectivity index (χ2v) is 4.75. The molecule has 0 aliphatic carbocycles. The molecule has 6 heteroatoms. The lowest BCUT2D eigenvalue weighted by Crippen LogP contribution is -2.20. The molecule has 1 aromatic carbocycles. The van der Waals surface area contributed by atoms with Crippen LogP contribution in [0.3, 0.4) is 0 Å². The van der Waals surface area contributed by atoms with Gasteiger partial charge in [-0.15, -0.1) is 0 Å². The molecule has 1 aliphatic heterocycles. The summed E-state index contributed by atoms with van der Waals surface area (Å²) >= 11 is 3.50. The Morgan fingerprint density at radius 1 is 1.39 bits per heavy atom. The molecule has 2 N–H and O–H groups in total. The fourth-order valence-corrected chi connectivity index (χ4v) is 2.34. The van der Waals surface area contributed by atoms with Gasteiger partial charge in [0.15, 0.2) is 11.5 Å². The zero-order valence-corrected chi connectivity index (χ0v) is 11.9. The Hall–Kier alpha value is -1.27. The van der Waals surface area contributed by atoms with Crippen LogP contribution in [0.1, 0.15) is 12.0 Å². The first-order chi connectivity index (χ1) is 8.69. The number of hydrogen-bond donors (Lipinski definition) is 1. The molecule has 0 fully saturated rings. The Bertz CT molecular complexity index is 477. The van der Waals surface area contributed by atoms with Gasteiger partial charge in [0, 0.05) is 23.0 Å². The van der Waals surface area contributed by atoms with Crippen LogP contribution in [0.5, 0.6) is 11.5 Å². The fourth-order valence-electron chi connectivity index (χ4n) is 1.79. The summed E-state index contributed by atoms with van der Waals surface area (Å²) in [5, 5.41) is 4.06. The molecule has 18 heavy (non-hydrogen) atoms. The lowest BCUT2D eigenvalue weighted by atomic mass is 10.0. The van der Waals surface area contributed by atoms with E-state index in [1.54, 1.807) is 14.2 Å². The predicted octanol–water partition coefficient (Wildman–Crippen LogP) is 1.92. The van der Waals surface area contributed by atoms with E-state index in [-0.39, 0.29) is 6.10 Å². The highest BCUT2D eigenvalue weighted by molar-refractivity contribution is 9.10. The zero-order chi connectivity index (χ0) is 13.1. The van der Waals surface area contributed by atoms with Crippen LogP contribution in [0.25, 0.3) is 0 Å². The maximum Gasteiger partial charge on any atom is 0.161 e. The topological polar surface area (TPSA) is 66.1 Å². The lowest BCUT2D eigenvalue weighted by Gasteiger charge is -2.11. The number of oxime groups is 1. The zero-order valence-electron chi connectivity index (χ0n) is 10.3. The highest BCUT2D eigenvalue weighted by Crippen LogP contribution is 2.35. The number of ether oxygens (including phenoxy) is 2. The largest absolute Gasteiger partial charge is 0.493 e. The molecule has 1 heterocycles. The highest BCUT2D eigenvalue weighted by Gasteiger charge is 2.23. The minimum Gasteiger partial charge on any atom is -0.493 e. The molecule has 0 bridgehead atoms. The highest BCUT2D eigenvalue weighted by atomic mass is 79.9. The summed E-state index contributed by atoms with van der Waals surface area (Å²) in [6.07, 6.45) is 0.657. The molecule has 1 atom stereocenters. The second-order valence-electron chi connectivity index (χ2n) is 3.89. The van der Waals surface area contributed by atoms with Crippen molar-refractivity contribution in [1.82, 2.24) is 0 Å². The minimum absolute atomic E-state index is 0.0417. The van der Waals surface area contributed by atoms with Crippen LogP contribution >= 0.6 is 15.9 Å². The van der Waals surface area contributed by atoms with E-state index in [4.69, 9.17) is 20.0 Å². The second kappa shape index (κ2) is 5.58. The Labute approximate surface area is 114 Å². The van der Waals surface area contributed by atoms with E-state index in [0.29, 0.717) is 24.5 Å². The lowest BCUT2D eigenvalue weighted by molar-refractivity contribution is 0.0918. The number of hydrogen-bond acceptors (Lipinski definition) is 5. The van der Waals surface area contributed by atoms with Crippen molar-refractivity contribution in [2.45, 2.75) is 12.5 Å². The number of nitrogens with zero attached hydrogens (tertiary/aromatic N) is 1. The van der Waals surface area contributed by atoms with Gasteiger partial charge in [-0.25, -0.2) is 0 Å². The van der Waals surface area contributed by atoms with E-state index in [1.165, 1.54) is 0 Å². The quantitative estimate of drug-likeness (QED) is 0.922. The average molecular weight is 315 g/mol. The van der Waals surface area contributed by atoms with Gasteiger partial charge in [0.05, 0.1) is 19.9 Å². The van der Waals surface area contributed by atoms with Gasteiger partial charge in [-0.05, 0) is 28.1 Å². The van der Waals surface area contributed by atoms with Crippen molar-refractivity contribution in [2.24, 2.45) is 10.9 Å². The van der Waals surface area contributed by atoms with Gasteiger partial charge < -0.3 is 20.0 Å². The molecule has 5 nitrogen and oxygen atoms in total. The molecule has 2 rings (SSSR count). The van der Waals surface area contributed by atoms with E-state index < -0.39 is 0 Å². The van der Waals surface area contributed by atoms with Crippen molar-refractivity contribution in [3.05, 3.63) is 22.2 Å². The Kier molecular flexibility index (Phi) is 4.08. The molecule has 0 spiro atoms. The summed E-state index contributed by atoms with van der Waals surface area (Å²) in [7, 11) is 3.20. The summed E-state index contributed by atoms with van der Waals surface area (Å²) in [6, 6.07) is 3.73. The molecular formula is C12H15BrN2O3. The van der Waals surface area contributed by atoms with Crippen LogP contribution in [0, 0.1) is 0 Å². The van der Waals surface area contributed by atoms with Crippen molar-refractivity contribution in [2.75, 3.05) is 20.8 Å². The SMILES string of the molecule is COc1cc(Br)c(C2=NOC(CN)C2)cc1OC. The Morgan fingerprint density at radius 3 is 2.61 bits per heavy atom. The van der Waals surface area contributed by atoms with E-state index in [1.807, 2.05) is 12.1 Å². The van der Waals surface area contributed by atoms with Crippen LogP contribution < -0.4 is 15.2 Å². The summed E-state index contributed by atoms with van der Waals surface area (Å²) in [5.41, 5.74) is 7.35. The monoisotopic (exact) mass is 314 g/mol. The van der Waals surface area contributed by atoms with Crippen molar-refractivity contribution in [3.8, 4) is 11.5 Å². The van der Waals surface area contributed by atoms with Crippen LogP contribution in [-0.2, 0) is 4.84 Å². The van der Waals surface area contributed by atoms with Crippen LogP contribution in [0.15, 0.2) is 21.8 Å². The van der Waals surface area contributed by atoms with E-state index >= 15 is 0 Å². The van der Waals surface area contributed by atoms with Gasteiger partial charge in [0.2, 0.25) is 0 Å². The third-order valence-electron chi connectivity index (χ3n) is 2.78. The fraction of sp³-hybridized carbons (Fsp3) is 0.417. The van der Waals surface area contributed by atoms with Gasteiger partial charge in [0.1, 0.15) is 6.10 Å². The van der Waals surface area contributed by atoms with Gasteiger partial charge in [0.25, 0.3) is 0 Å². The molecule has 0 saturated carbocycles. The van der Waals surface area contributed by atoms with Gasteiger partial charge >= 0.3 is 0 Å². The van der Waals surface area contributed by atoms with Crippen LogP contribution in [0.2, 0.25) is 0 Å². The molecule has 98 valence electrons. The van der Waals surface area contributed by atoms with Crippen molar-refractivity contribution in [1.29, 1.82) is 0 Å². The van der Waals surface area contributed by atoms with Gasteiger partial charge in [-0.1, -0.05) is 5.16 Å². The molecular weight excluding hydrogens is 300 g/mol. The number of nitrogens with two attached hydrogens (primary N) is 1. The molecule has 0 aromatic heterocycles. The van der Waals surface area contributed by atoms with Crippen molar-refractivity contribution < 1.29 is 14.3 Å².